The first-order valence-electron chi connectivity index (χ1n) is 26.7. The molecule has 89 heavy (non-hydrogen) atoms. The summed E-state index contributed by atoms with van der Waals surface area (Å²) in [4.78, 5) is 123. The Hall–Kier alpha value is -8.64. The molecule has 3 aromatic heterocycles. The molecule has 0 atom stereocenters. The predicted molar refractivity (Wildman–Crippen MR) is 345 cm³/mol. The van der Waals surface area contributed by atoms with Crippen LogP contribution in [0.3, 0.4) is 0 Å². The molecule has 0 bridgehead atoms. The zero-order chi connectivity index (χ0) is 68.1. The first-order chi connectivity index (χ1) is 41.1. The molecule has 26 heteroatoms. The largest absolute Gasteiger partial charge is 0.347 e. The zero-order valence-corrected chi connectivity index (χ0v) is 55.7. The van der Waals surface area contributed by atoms with E-state index in [1.165, 1.54) is 56.3 Å². The molecule has 0 fully saturated rings. The monoisotopic (exact) mass is 1360 g/mol. The minimum atomic E-state index is -0.680. The van der Waals surface area contributed by atoms with Gasteiger partial charge in [-0.1, -0.05) is 62.3 Å². The minimum Gasteiger partial charge on any atom is -0.347 e. The maximum Gasteiger partial charge on any atom is 0.258 e. The fourth-order valence-corrected chi connectivity index (χ4v) is 10.1. The van der Waals surface area contributed by atoms with Crippen LogP contribution in [-0.2, 0) is 35.5 Å². The number of thiol groups is 1. The summed E-state index contributed by atoms with van der Waals surface area (Å²) in [5.74, 6) is -7.15. The third-order valence-electron chi connectivity index (χ3n) is 12.7. The number of anilines is 3. The van der Waals surface area contributed by atoms with E-state index in [0.29, 0.717) is 25.9 Å². The maximum absolute atomic E-state index is 13.5. The molecule has 3 heterocycles. The number of amides is 3. The molecule has 3 aromatic carbocycles. The van der Waals surface area contributed by atoms with E-state index in [4.69, 9.17) is 19.7 Å². The number of aromatic nitrogens is 3. The molecule has 0 spiro atoms. The van der Waals surface area contributed by atoms with Crippen molar-refractivity contribution in [2.24, 2.45) is 41.7 Å². The number of nitrogens with one attached hydrogen (secondary N) is 3. The Kier molecular flexibility index (Phi) is 26.0. The van der Waals surface area contributed by atoms with Crippen molar-refractivity contribution < 1.29 is 56.3 Å². The average Bonchev–Trinajstić information content (AvgIpc) is 2.32. The first-order valence-corrected chi connectivity index (χ1v) is 28.7. The molecule has 0 aliphatic rings. The second-order valence-corrected chi connectivity index (χ2v) is 25.5. The van der Waals surface area contributed by atoms with Crippen molar-refractivity contribution in [2.45, 2.75) is 102 Å². The number of hydrogen-bond acceptors (Lipinski definition) is 11. The van der Waals surface area contributed by atoms with Gasteiger partial charge in [0.1, 0.15) is 17.5 Å². The van der Waals surface area contributed by atoms with Gasteiger partial charge in [0, 0.05) is 63.7 Å². The van der Waals surface area contributed by atoms with E-state index < -0.39 is 69.9 Å². The summed E-state index contributed by atoms with van der Waals surface area (Å²) in [6, 6.07) is 11.0. The number of halogens is 5. The van der Waals surface area contributed by atoms with Gasteiger partial charge in [-0.2, -0.15) is 0 Å². The average molecular weight is 1370 g/mol. The Balaban J connectivity index is 0.000000341. The Morgan fingerprint density at radius 1 is 0.517 bits per heavy atom. The van der Waals surface area contributed by atoms with Crippen LogP contribution < -0.4 is 16.0 Å². The van der Waals surface area contributed by atoms with E-state index >= 15 is 0 Å². The summed E-state index contributed by atoms with van der Waals surface area (Å²) in [6.07, 6.45) is 1.75. The smallest absolute Gasteiger partial charge is 0.258 e. The van der Waals surface area contributed by atoms with Gasteiger partial charge in [0.2, 0.25) is 51.8 Å². The van der Waals surface area contributed by atoms with Crippen LogP contribution in [0.5, 0.6) is 0 Å². The summed E-state index contributed by atoms with van der Waals surface area (Å²) in [5, 5.41) is 7.79. The molecule has 0 unspecified atom stereocenters. The van der Waals surface area contributed by atoms with Crippen molar-refractivity contribution in [3.63, 3.8) is 0 Å². The van der Waals surface area contributed by atoms with Crippen LogP contribution in [0.1, 0.15) is 161 Å². The molecule has 0 saturated heterocycles. The standard InChI is InChI=1S/2C21H21BrFN3O3.C21H22FN3O3.BHNS/c2*1-11-16(20(29)25-12-7-8-13(23)14(9-12)24-5)19(22)26(6)17(11)18(28)15(27)10-21(2,3)4;1-12-14(20(28)24-13-7-8-15(22)16(9-13)23-5)11-25(6)18(12)19(27)17(26)10-21(2,3)4;1-2-3/h2*7-9H,10H2,1-4,6H3,(H,25,29);7-9,11H,10H2,1-4,6H3,(H,24,28);3H. The SMILES string of the molecule is [B]=NS.[C-]#[N+]c1cc(NC(=O)c2c(C)c(C(=O)C(=O)CC(C)(C)C)n(C)c2Br)ccc1F.[C-]#[N+]c1cc(NC(=O)c2c(C)c(C(=O)C(=O)CC(C)(C)C)n(C)c2Br)ccc1F.[C-]#[N+]c1cc(NC(=O)c2cn(C)c(C(=O)C(=O)CC(C)(C)C)c2C)ccc1F. The van der Waals surface area contributed by atoms with Crippen LogP contribution in [-0.4, -0.2) is 73.8 Å². The van der Waals surface area contributed by atoms with Crippen molar-refractivity contribution in [3.05, 3.63) is 172 Å². The van der Waals surface area contributed by atoms with Gasteiger partial charge < -0.3 is 29.7 Å². The zero-order valence-electron chi connectivity index (χ0n) is 51.6. The fourth-order valence-electron chi connectivity index (χ4n) is 8.76. The quantitative estimate of drug-likeness (QED) is 0.0251. The number of rotatable bonds is 15. The van der Waals surface area contributed by atoms with Crippen molar-refractivity contribution in [1.82, 2.24) is 13.7 Å². The number of benzene rings is 3. The van der Waals surface area contributed by atoms with E-state index in [0.717, 1.165) is 18.2 Å². The van der Waals surface area contributed by atoms with E-state index in [1.54, 1.807) is 41.9 Å². The Morgan fingerprint density at radius 3 is 1.06 bits per heavy atom. The van der Waals surface area contributed by atoms with Crippen molar-refractivity contribution in [2.75, 3.05) is 16.0 Å². The van der Waals surface area contributed by atoms with Crippen LogP contribution in [0.25, 0.3) is 14.5 Å². The number of nitrogens with zero attached hydrogens (tertiary/aromatic N) is 7. The van der Waals surface area contributed by atoms with E-state index in [9.17, 15) is 56.3 Å². The first kappa shape index (κ1) is 74.6. The van der Waals surface area contributed by atoms with Gasteiger partial charge in [-0.25, -0.2) is 27.7 Å². The fraction of sp³-hybridized carbons (Fsp3) is 0.333. The Morgan fingerprint density at radius 2 is 0.787 bits per heavy atom. The van der Waals surface area contributed by atoms with Gasteiger partial charge in [0.05, 0.1) is 62.7 Å². The molecular formula is C63H65BBr2F3N10O9S. The molecule has 1 radical (unpaired) electrons. The molecule has 0 aliphatic heterocycles. The summed E-state index contributed by atoms with van der Waals surface area (Å²) < 4.78 is 48.2. The summed E-state index contributed by atoms with van der Waals surface area (Å²) in [7, 11) is 9.10. The molecule has 6 rings (SSSR count). The molecule has 3 N–H and O–H groups in total. The number of carbonyl (C=O) groups is 9. The van der Waals surface area contributed by atoms with Gasteiger partial charge in [-0.15, -0.1) is 0 Å². The van der Waals surface area contributed by atoms with Gasteiger partial charge in [-0.05, 0) is 140 Å². The number of aryl methyl sites for hydroxylation is 1. The molecule has 3 amide bonds. The second kappa shape index (κ2) is 31.0. The van der Waals surface area contributed by atoms with Crippen LogP contribution in [0.15, 0.2) is 74.3 Å². The van der Waals surface area contributed by atoms with Crippen LogP contribution in [0.4, 0.5) is 47.3 Å². The van der Waals surface area contributed by atoms with E-state index in [2.05, 4.69) is 87.1 Å². The van der Waals surface area contributed by atoms with E-state index in [1.807, 2.05) is 62.3 Å². The van der Waals surface area contributed by atoms with Gasteiger partial charge in [0.25, 0.3) is 17.7 Å². The predicted octanol–water partition coefficient (Wildman–Crippen LogP) is 15.1. The van der Waals surface area contributed by atoms with Gasteiger partial charge >= 0.3 is 24.8 Å². The van der Waals surface area contributed by atoms with Crippen molar-refractivity contribution >= 4 is 139 Å². The third kappa shape index (κ3) is 19.7. The number of carbonyl (C=O) groups excluding carboxylic acids is 9. The number of ketones is 6. The van der Waals surface area contributed by atoms with Crippen LogP contribution in [0.2, 0.25) is 0 Å². The van der Waals surface area contributed by atoms with Gasteiger partial charge in [-0.3, -0.25) is 43.2 Å². The Labute approximate surface area is 538 Å². The van der Waals surface area contributed by atoms with Gasteiger partial charge in [0.15, 0.2) is 0 Å². The van der Waals surface area contributed by atoms with Crippen molar-refractivity contribution in [3.8, 4) is 0 Å². The summed E-state index contributed by atoms with van der Waals surface area (Å²) in [5.41, 5.74) is 1.26. The minimum absolute atomic E-state index is 0.0879. The molecule has 0 saturated carbocycles. The molecule has 0 aliphatic carbocycles. The molecule has 19 nitrogen and oxygen atoms in total. The summed E-state index contributed by atoms with van der Waals surface area (Å²) >= 11 is 9.82. The third-order valence-corrected chi connectivity index (χ3v) is 14.6. The van der Waals surface area contributed by atoms with Crippen LogP contribution in [0, 0.1) is 74.2 Å². The van der Waals surface area contributed by atoms with Crippen molar-refractivity contribution in [1.29, 1.82) is 0 Å². The molecular weight excluding hydrogens is 1300 g/mol. The number of Topliss-reactive ketones (excluding diaryl/α,β-unsaturated/α-hetero) is 6. The van der Waals surface area contributed by atoms with E-state index in [-0.39, 0.29) is 103 Å². The molecule has 6 aromatic rings. The normalized spacial score (nSPS) is 10.8. The van der Waals surface area contributed by atoms with Crippen LogP contribution >= 0.6 is 44.7 Å². The second-order valence-electron chi connectivity index (χ2n) is 23.8. The topological polar surface area (TPSA) is 230 Å². The Bertz CT molecular complexity index is 3830. The summed E-state index contributed by atoms with van der Waals surface area (Å²) in [6.45, 7) is 42.5. The maximum atomic E-state index is 13.5. The molecule has 465 valence electrons. The number of hydrogen-bond donors (Lipinski definition) is 4.